The van der Waals surface area contributed by atoms with E-state index >= 15 is 0 Å². The molecule has 0 radical (unpaired) electrons. The fourth-order valence-corrected chi connectivity index (χ4v) is 3.62. The van der Waals surface area contributed by atoms with E-state index in [1.807, 2.05) is 0 Å². The summed E-state index contributed by atoms with van der Waals surface area (Å²) in [4.78, 5) is 18.7. The smallest absolute Gasteiger partial charge is 0.318 e. The van der Waals surface area contributed by atoms with Crippen LogP contribution in [0.5, 0.6) is 0 Å². The summed E-state index contributed by atoms with van der Waals surface area (Å²) >= 11 is 0. The Bertz CT molecular complexity index is 613. The van der Waals surface area contributed by atoms with Crippen LogP contribution in [-0.2, 0) is 4.74 Å². The minimum absolute atomic E-state index is 0.00692. The zero-order valence-electron chi connectivity index (χ0n) is 15.2. The molecule has 1 aromatic rings. The molecule has 138 valence electrons. The average Bonchev–Trinajstić information content (AvgIpc) is 3.14. The lowest BCUT2D eigenvalue weighted by atomic mass is 10.1. The SMILES string of the molecule is CO[C@H]1C[C@H](c2nc(C)no2)N(C(=O)NCCC2=CCCCCC2)C1. The van der Waals surface area contributed by atoms with Gasteiger partial charge in [0.25, 0.3) is 0 Å². The molecule has 1 aromatic heterocycles. The largest absolute Gasteiger partial charge is 0.380 e. The van der Waals surface area contributed by atoms with Crippen molar-refractivity contribution in [3.63, 3.8) is 0 Å². The molecule has 7 nitrogen and oxygen atoms in total. The molecule has 2 aliphatic rings. The minimum Gasteiger partial charge on any atom is -0.380 e. The number of carbonyl (C=O) groups excluding carboxylic acids is 1. The van der Waals surface area contributed by atoms with Gasteiger partial charge in [0.15, 0.2) is 5.82 Å². The van der Waals surface area contributed by atoms with Crippen LogP contribution in [0.3, 0.4) is 0 Å². The highest BCUT2D eigenvalue weighted by atomic mass is 16.5. The fourth-order valence-electron chi connectivity index (χ4n) is 3.62. The maximum absolute atomic E-state index is 12.7. The van der Waals surface area contributed by atoms with E-state index in [0.717, 1.165) is 12.8 Å². The number of carbonyl (C=O) groups is 1. The predicted octanol–water partition coefficient (Wildman–Crippen LogP) is 3.13. The van der Waals surface area contributed by atoms with E-state index in [-0.39, 0.29) is 18.2 Å². The van der Waals surface area contributed by atoms with Crippen LogP contribution in [0.25, 0.3) is 0 Å². The van der Waals surface area contributed by atoms with Gasteiger partial charge in [0.05, 0.1) is 6.10 Å². The molecule has 0 saturated carbocycles. The van der Waals surface area contributed by atoms with Crippen molar-refractivity contribution in [2.75, 3.05) is 20.2 Å². The number of hydrogen-bond acceptors (Lipinski definition) is 5. The van der Waals surface area contributed by atoms with E-state index in [1.165, 1.54) is 31.3 Å². The molecule has 0 unspecified atom stereocenters. The Morgan fingerprint density at radius 2 is 2.32 bits per heavy atom. The number of likely N-dealkylation sites (tertiary alicyclic amines) is 1. The molecule has 3 rings (SSSR count). The number of allylic oxidation sites excluding steroid dienone is 1. The van der Waals surface area contributed by atoms with Gasteiger partial charge in [-0.05, 0) is 39.0 Å². The molecule has 0 bridgehead atoms. The number of urea groups is 1. The third-order valence-electron chi connectivity index (χ3n) is 5.04. The van der Waals surface area contributed by atoms with Crippen molar-refractivity contribution < 1.29 is 14.1 Å². The number of amides is 2. The first-order chi connectivity index (χ1) is 12.2. The lowest BCUT2D eigenvalue weighted by molar-refractivity contribution is 0.110. The molecule has 2 amide bonds. The van der Waals surface area contributed by atoms with Crippen LogP contribution in [0.4, 0.5) is 4.79 Å². The number of aromatic nitrogens is 2. The summed E-state index contributed by atoms with van der Waals surface area (Å²) in [6.45, 7) is 2.98. The molecule has 1 N–H and O–H groups in total. The van der Waals surface area contributed by atoms with Crippen LogP contribution < -0.4 is 5.32 Å². The van der Waals surface area contributed by atoms with Crippen LogP contribution >= 0.6 is 0 Å². The third kappa shape index (κ3) is 4.60. The van der Waals surface area contributed by atoms with E-state index in [2.05, 4.69) is 21.5 Å². The first-order valence-electron chi connectivity index (χ1n) is 9.22. The molecule has 1 aliphatic heterocycles. The van der Waals surface area contributed by atoms with Crippen molar-refractivity contribution in [3.05, 3.63) is 23.4 Å². The van der Waals surface area contributed by atoms with Gasteiger partial charge in [0, 0.05) is 26.6 Å². The number of ether oxygens (including phenoxy) is 1. The van der Waals surface area contributed by atoms with Crippen molar-refractivity contribution in [2.45, 2.75) is 64.0 Å². The van der Waals surface area contributed by atoms with Gasteiger partial charge in [-0.2, -0.15) is 4.98 Å². The van der Waals surface area contributed by atoms with Gasteiger partial charge >= 0.3 is 6.03 Å². The molecular weight excluding hydrogens is 320 g/mol. The monoisotopic (exact) mass is 348 g/mol. The summed E-state index contributed by atoms with van der Waals surface area (Å²) in [5, 5.41) is 6.89. The number of rotatable bonds is 5. The summed E-state index contributed by atoms with van der Waals surface area (Å²) in [5.74, 6) is 1.07. The molecule has 0 aromatic carbocycles. The second-order valence-electron chi connectivity index (χ2n) is 6.89. The molecule has 2 heterocycles. The second-order valence-corrected chi connectivity index (χ2v) is 6.89. The second kappa shape index (κ2) is 8.47. The number of nitrogens with one attached hydrogen (secondary N) is 1. The Kier molecular flexibility index (Phi) is 6.07. The number of hydrogen-bond donors (Lipinski definition) is 1. The Morgan fingerprint density at radius 1 is 1.44 bits per heavy atom. The Balaban J connectivity index is 1.56. The molecule has 1 fully saturated rings. The van der Waals surface area contributed by atoms with Gasteiger partial charge in [0.2, 0.25) is 5.89 Å². The fraction of sp³-hybridized carbons (Fsp3) is 0.722. The average molecular weight is 348 g/mol. The number of methoxy groups -OCH3 is 1. The summed E-state index contributed by atoms with van der Waals surface area (Å²) in [7, 11) is 1.67. The third-order valence-corrected chi connectivity index (χ3v) is 5.04. The van der Waals surface area contributed by atoms with E-state index < -0.39 is 0 Å². The van der Waals surface area contributed by atoms with Crippen LogP contribution in [0.2, 0.25) is 0 Å². The molecule has 0 spiro atoms. The zero-order chi connectivity index (χ0) is 17.6. The van der Waals surface area contributed by atoms with Crippen LogP contribution in [-0.4, -0.2) is 47.4 Å². The van der Waals surface area contributed by atoms with E-state index in [0.29, 0.717) is 31.2 Å². The Labute approximate surface area is 148 Å². The van der Waals surface area contributed by atoms with Crippen molar-refractivity contribution in [2.24, 2.45) is 0 Å². The standard InChI is InChI=1S/C18H28N4O3/c1-13-20-17(25-21-13)16-11-15(24-2)12-22(16)18(23)19-10-9-14-7-5-3-4-6-8-14/h7,15-16H,3-6,8-12H2,1-2H3,(H,19,23)/t15-,16+/m0/s1. The molecular formula is C18H28N4O3. The molecule has 25 heavy (non-hydrogen) atoms. The van der Waals surface area contributed by atoms with Gasteiger partial charge in [-0.1, -0.05) is 23.2 Å². The van der Waals surface area contributed by atoms with E-state index in [1.54, 1.807) is 18.9 Å². The van der Waals surface area contributed by atoms with Gasteiger partial charge in [-0.15, -0.1) is 0 Å². The normalized spacial score (nSPS) is 24.1. The molecule has 2 atom stereocenters. The van der Waals surface area contributed by atoms with E-state index in [4.69, 9.17) is 9.26 Å². The first-order valence-corrected chi connectivity index (χ1v) is 9.22. The summed E-state index contributed by atoms with van der Waals surface area (Å²) in [5.41, 5.74) is 1.47. The maximum atomic E-state index is 12.7. The molecule has 1 aliphatic carbocycles. The van der Waals surface area contributed by atoms with Crippen molar-refractivity contribution in [1.82, 2.24) is 20.4 Å². The van der Waals surface area contributed by atoms with E-state index in [9.17, 15) is 4.79 Å². The Hall–Kier alpha value is -1.89. The molecule has 1 saturated heterocycles. The summed E-state index contributed by atoms with van der Waals surface area (Å²) in [6.07, 6.45) is 10.1. The van der Waals surface area contributed by atoms with Crippen molar-refractivity contribution >= 4 is 6.03 Å². The zero-order valence-corrected chi connectivity index (χ0v) is 15.2. The van der Waals surface area contributed by atoms with Gasteiger partial charge in [0.1, 0.15) is 6.04 Å². The summed E-state index contributed by atoms with van der Waals surface area (Å²) < 4.78 is 10.7. The van der Waals surface area contributed by atoms with Gasteiger partial charge in [-0.25, -0.2) is 4.79 Å². The van der Waals surface area contributed by atoms with Crippen LogP contribution in [0, 0.1) is 6.92 Å². The summed E-state index contributed by atoms with van der Waals surface area (Å²) in [6, 6.07) is -0.308. The minimum atomic E-state index is -0.219. The lowest BCUT2D eigenvalue weighted by Gasteiger charge is -2.22. The van der Waals surface area contributed by atoms with Crippen LogP contribution in [0.15, 0.2) is 16.2 Å². The predicted molar refractivity (Wildman–Crippen MR) is 93.1 cm³/mol. The molecule has 7 heteroatoms. The van der Waals surface area contributed by atoms with Crippen molar-refractivity contribution in [1.29, 1.82) is 0 Å². The highest BCUT2D eigenvalue weighted by molar-refractivity contribution is 5.75. The number of nitrogens with zero attached hydrogens (tertiary/aromatic N) is 3. The van der Waals surface area contributed by atoms with Crippen molar-refractivity contribution in [3.8, 4) is 0 Å². The highest BCUT2D eigenvalue weighted by Gasteiger charge is 2.39. The highest BCUT2D eigenvalue weighted by Crippen LogP contribution is 2.32. The van der Waals surface area contributed by atoms with Gasteiger partial charge < -0.3 is 19.5 Å². The first kappa shape index (κ1) is 17.9. The maximum Gasteiger partial charge on any atom is 0.318 e. The quantitative estimate of drug-likeness (QED) is 0.827. The Morgan fingerprint density at radius 3 is 3.08 bits per heavy atom. The van der Waals surface area contributed by atoms with Gasteiger partial charge in [-0.3, -0.25) is 0 Å². The topological polar surface area (TPSA) is 80.5 Å². The lowest BCUT2D eigenvalue weighted by Crippen LogP contribution is -2.40. The van der Waals surface area contributed by atoms with Crippen LogP contribution in [0.1, 0.15) is 62.7 Å². The number of aryl methyl sites for hydroxylation is 1.